The van der Waals surface area contributed by atoms with Gasteiger partial charge in [0.15, 0.2) is 0 Å². The molecule has 20 heteroatoms. The van der Waals surface area contributed by atoms with Gasteiger partial charge in [0, 0.05) is 74.4 Å². The van der Waals surface area contributed by atoms with Crippen LogP contribution in [0.5, 0.6) is 5.75 Å². The second kappa shape index (κ2) is 20.4. The number of nitrogens with one attached hydrogen (secondary N) is 2. The Hall–Kier alpha value is -6.09. The van der Waals surface area contributed by atoms with E-state index in [1.807, 2.05) is 55.2 Å². The van der Waals surface area contributed by atoms with Crippen LogP contribution >= 0.6 is 23.1 Å². The number of nitrogens with two attached hydrogens (primary N) is 2. The van der Waals surface area contributed by atoms with Crippen LogP contribution in [-0.2, 0) is 26.1 Å². The quantitative estimate of drug-likeness (QED) is 0.0435. The number of benzene rings is 2. The molecule has 6 aromatic rings. The molecule has 18 nitrogen and oxygen atoms in total. The van der Waals surface area contributed by atoms with Crippen molar-refractivity contribution < 1.29 is 23.9 Å². The molecular weight excluding hydrogens is 867 g/mol. The minimum atomic E-state index is -0.634. The summed E-state index contributed by atoms with van der Waals surface area (Å²) < 4.78 is 11.8. The second-order valence-electron chi connectivity index (χ2n) is 16.1. The Morgan fingerprint density at radius 1 is 0.846 bits per heavy atom. The lowest BCUT2D eigenvalue weighted by atomic mass is 10.1. The van der Waals surface area contributed by atoms with E-state index in [9.17, 15) is 19.2 Å². The number of carbonyl (C=O) groups excluding carboxylic acids is 4. The first-order valence-corrected chi connectivity index (χ1v) is 23.8. The molecule has 1 fully saturated rings. The fourth-order valence-electron chi connectivity index (χ4n) is 8.07. The summed E-state index contributed by atoms with van der Waals surface area (Å²) in [6, 6.07) is 8.80. The lowest BCUT2D eigenvalue weighted by Crippen LogP contribution is -2.49. The minimum Gasteiger partial charge on any atom is -0.491 e. The van der Waals surface area contributed by atoms with E-state index in [0.29, 0.717) is 81.0 Å². The number of thiazole rings is 1. The molecule has 0 spiro atoms. The third-order valence-corrected chi connectivity index (χ3v) is 13.2. The zero-order chi connectivity index (χ0) is 46.5. The van der Waals surface area contributed by atoms with Crippen LogP contribution < -0.4 is 26.8 Å². The van der Waals surface area contributed by atoms with E-state index < -0.39 is 17.7 Å². The molecule has 2 aromatic carbocycles. The van der Waals surface area contributed by atoms with Crippen molar-refractivity contribution in [3.8, 4) is 5.75 Å². The van der Waals surface area contributed by atoms with Crippen molar-refractivity contribution in [3.63, 3.8) is 0 Å². The number of allylic oxidation sites excluding steroid dienone is 2. The van der Waals surface area contributed by atoms with Crippen LogP contribution in [0.1, 0.15) is 91.4 Å². The molecule has 0 saturated carbocycles. The number of ether oxygens (including phenoxy) is 1. The molecule has 1 aliphatic heterocycles. The summed E-state index contributed by atoms with van der Waals surface area (Å²) in [6.07, 6.45) is 7.05. The standard InChI is InChI=1S/C45H57N13O5S2/c1-8-31-39(65-28(6)48-31)43(62)52-45-49-32-22-29(40(46)59)24-35(63-20-12-13-54-16-18-55(19-17-54)26(3)4)37(32)56(45)14-10-11-15-57-38-33(23-30(41(47)60)25-36(38)64-7)50-44(57)51-42(61)34-21-27(5)53-58(34)9-2/h10-11,21-26H,8-9,12-20H2,1-7H3,(H2,46,59)(H2,47,60)(H,49,52,62)(H,50,51,61)/b11-10+. The molecule has 0 bridgehead atoms. The van der Waals surface area contributed by atoms with Gasteiger partial charge in [0.2, 0.25) is 23.7 Å². The number of imidazole rings is 2. The number of aromatic nitrogens is 7. The van der Waals surface area contributed by atoms with Gasteiger partial charge in [-0.05, 0) is 84.0 Å². The van der Waals surface area contributed by atoms with Crippen molar-refractivity contribution in [2.24, 2.45) is 11.5 Å². The maximum atomic E-state index is 13.9. The Morgan fingerprint density at radius 3 is 2.06 bits per heavy atom. The first kappa shape index (κ1) is 46.9. The van der Waals surface area contributed by atoms with E-state index in [1.54, 1.807) is 35.0 Å². The lowest BCUT2D eigenvalue weighted by Gasteiger charge is -2.36. The van der Waals surface area contributed by atoms with Crippen molar-refractivity contribution in [1.82, 2.24) is 43.7 Å². The number of amides is 4. The van der Waals surface area contributed by atoms with Crippen molar-refractivity contribution in [2.45, 2.75) is 85.0 Å². The summed E-state index contributed by atoms with van der Waals surface area (Å²) in [5, 5.41) is 11.2. The topological polar surface area (TPSA) is 226 Å². The van der Waals surface area contributed by atoms with Crippen LogP contribution in [0.15, 0.2) is 47.4 Å². The van der Waals surface area contributed by atoms with Gasteiger partial charge in [-0.3, -0.25) is 39.4 Å². The second-order valence-corrected chi connectivity index (χ2v) is 18.2. The number of piperazine rings is 1. The minimum absolute atomic E-state index is 0.214. The average molecular weight is 924 g/mol. The first-order valence-electron chi connectivity index (χ1n) is 21.8. The van der Waals surface area contributed by atoms with Gasteiger partial charge in [0.1, 0.15) is 21.8 Å². The molecule has 0 unspecified atom stereocenters. The van der Waals surface area contributed by atoms with E-state index in [4.69, 9.17) is 26.2 Å². The number of fused-ring (bicyclic) bond motifs is 2. The van der Waals surface area contributed by atoms with Crippen molar-refractivity contribution in [1.29, 1.82) is 0 Å². The van der Waals surface area contributed by atoms with Crippen LogP contribution in [0, 0.1) is 13.8 Å². The van der Waals surface area contributed by atoms with Gasteiger partial charge in [-0.25, -0.2) is 15.0 Å². The lowest BCUT2D eigenvalue weighted by molar-refractivity contribution is 0.0991. The third kappa shape index (κ3) is 10.4. The Bertz CT molecular complexity index is 2780. The summed E-state index contributed by atoms with van der Waals surface area (Å²) in [5.74, 6) is -1.06. The van der Waals surface area contributed by atoms with Crippen molar-refractivity contribution >= 4 is 80.7 Å². The number of anilines is 2. The van der Waals surface area contributed by atoms with Crippen LogP contribution in [0.4, 0.5) is 11.9 Å². The normalized spacial score (nSPS) is 13.7. The molecule has 5 heterocycles. The maximum absolute atomic E-state index is 13.9. The molecular formula is C45H57N13O5S2. The number of hydrogen-bond acceptors (Lipinski definition) is 13. The molecule has 0 atom stereocenters. The molecule has 0 radical (unpaired) electrons. The molecule has 65 heavy (non-hydrogen) atoms. The number of nitrogens with zero attached hydrogens (tertiary/aromatic N) is 9. The fraction of sp³-hybridized carbons (Fsp3) is 0.422. The van der Waals surface area contributed by atoms with Crippen LogP contribution in [-0.4, -0.2) is 119 Å². The highest BCUT2D eigenvalue weighted by atomic mass is 32.2. The number of rotatable bonds is 19. The van der Waals surface area contributed by atoms with Gasteiger partial charge in [-0.15, -0.1) is 23.1 Å². The smallest absolute Gasteiger partial charge is 0.276 e. The van der Waals surface area contributed by atoms with E-state index in [2.05, 4.69) is 44.4 Å². The SMILES string of the molecule is CCc1nc(C)sc1C(=O)Nc1nc2cc(C(N)=O)cc(OCCCN3CCN(C(C)C)CC3)c2n1C/C=C/Cn1c(NC(=O)c2cc(C)nn2CC)nc2cc(C(N)=O)cc(SC)c21. The largest absolute Gasteiger partial charge is 0.491 e. The number of primary amides is 2. The van der Waals surface area contributed by atoms with Crippen molar-refractivity contribution in [2.75, 3.05) is 56.2 Å². The predicted octanol–water partition coefficient (Wildman–Crippen LogP) is 5.71. The van der Waals surface area contributed by atoms with E-state index in [0.717, 1.165) is 49.0 Å². The zero-order valence-electron chi connectivity index (χ0n) is 37.9. The average Bonchev–Trinajstić information content (AvgIpc) is 4.05. The Balaban J connectivity index is 1.23. The summed E-state index contributed by atoms with van der Waals surface area (Å²) in [4.78, 5) is 72.9. The summed E-state index contributed by atoms with van der Waals surface area (Å²) in [7, 11) is 0. The van der Waals surface area contributed by atoms with Gasteiger partial charge in [0.25, 0.3) is 11.8 Å². The molecule has 344 valence electrons. The van der Waals surface area contributed by atoms with E-state index >= 15 is 0 Å². The highest BCUT2D eigenvalue weighted by Crippen LogP contribution is 2.34. The Labute approximate surface area is 385 Å². The van der Waals surface area contributed by atoms with Crippen LogP contribution in [0.3, 0.4) is 0 Å². The van der Waals surface area contributed by atoms with Gasteiger partial charge < -0.3 is 30.2 Å². The van der Waals surface area contributed by atoms with Gasteiger partial charge in [-0.1, -0.05) is 19.1 Å². The first-order chi connectivity index (χ1) is 31.2. The number of hydrogen-bond donors (Lipinski definition) is 4. The fourth-order valence-corrected chi connectivity index (χ4v) is 9.63. The summed E-state index contributed by atoms with van der Waals surface area (Å²) in [5.41, 5.74) is 16.0. The van der Waals surface area contributed by atoms with E-state index in [1.165, 1.54) is 23.1 Å². The molecule has 6 N–H and O–H groups in total. The highest BCUT2D eigenvalue weighted by molar-refractivity contribution is 7.98. The van der Waals surface area contributed by atoms with Crippen LogP contribution in [0.2, 0.25) is 0 Å². The number of thioether (sulfide) groups is 1. The molecule has 4 amide bonds. The zero-order valence-corrected chi connectivity index (χ0v) is 39.6. The maximum Gasteiger partial charge on any atom is 0.276 e. The van der Waals surface area contributed by atoms with Gasteiger partial charge in [-0.2, -0.15) is 5.10 Å². The summed E-state index contributed by atoms with van der Waals surface area (Å²) >= 11 is 2.74. The molecule has 1 saturated heterocycles. The highest BCUT2D eigenvalue weighted by Gasteiger charge is 2.25. The van der Waals surface area contributed by atoms with Crippen molar-refractivity contribution in [3.05, 3.63) is 80.6 Å². The Morgan fingerprint density at radius 2 is 1.46 bits per heavy atom. The third-order valence-electron chi connectivity index (χ3n) is 11.4. The number of aryl methyl sites for hydroxylation is 4. The van der Waals surface area contributed by atoms with Gasteiger partial charge >= 0.3 is 0 Å². The Kier molecular flexibility index (Phi) is 14.7. The molecule has 7 rings (SSSR count). The van der Waals surface area contributed by atoms with E-state index in [-0.39, 0.29) is 36.5 Å². The molecule has 0 aliphatic carbocycles. The van der Waals surface area contributed by atoms with Gasteiger partial charge in [0.05, 0.1) is 39.6 Å². The summed E-state index contributed by atoms with van der Waals surface area (Å²) in [6.45, 7) is 18.2. The monoisotopic (exact) mass is 923 g/mol. The molecule has 4 aromatic heterocycles. The predicted molar refractivity (Wildman–Crippen MR) is 255 cm³/mol. The van der Waals surface area contributed by atoms with Crippen LogP contribution in [0.25, 0.3) is 22.1 Å². The number of carbonyl (C=O) groups is 4. The molecule has 1 aliphatic rings.